The van der Waals surface area contributed by atoms with E-state index in [-0.39, 0.29) is 0 Å². The lowest BCUT2D eigenvalue weighted by Gasteiger charge is -2.38. The minimum atomic E-state index is 0.346. The second-order valence-electron chi connectivity index (χ2n) is 7.15. The first-order valence-corrected chi connectivity index (χ1v) is 9.14. The molecule has 3 heterocycles. The number of benzene rings is 1. The molecule has 3 atom stereocenters. The van der Waals surface area contributed by atoms with Crippen molar-refractivity contribution in [3.05, 3.63) is 29.8 Å². The third-order valence-electron chi connectivity index (χ3n) is 5.52. The number of morpholine rings is 1. The summed E-state index contributed by atoms with van der Waals surface area (Å²) in [6.45, 7) is 6.99. The maximum absolute atomic E-state index is 6.06. The molecule has 4 rings (SSSR count). The van der Waals surface area contributed by atoms with E-state index in [0.717, 1.165) is 51.7 Å². The van der Waals surface area contributed by atoms with Crippen molar-refractivity contribution in [1.29, 1.82) is 0 Å². The van der Waals surface area contributed by atoms with Gasteiger partial charge in [-0.1, -0.05) is 12.1 Å². The molecular weight excluding hydrogens is 304 g/mol. The van der Waals surface area contributed by atoms with E-state index in [1.165, 1.54) is 18.4 Å². The average Bonchev–Trinajstić information content (AvgIpc) is 3.25. The van der Waals surface area contributed by atoms with Gasteiger partial charge in [-0.05, 0) is 30.5 Å². The Bertz CT molecular complexity index is 530. The topological polar surface area (TPSA) is 34.2 Å². The molecule has 1 aromatic rings. The summed E-state index contributed by atoms with van der Waals surface area (Å²) >= 11 is 0. The molecule has 0 unspecified atom stereocenters. The van der Waals surface area contributed by atoms with Crippen molar-refractivity contribution in [2.45, 2.75) is 37.6 Å². The molecule has 3 saturated heterocycles. The van der Waals surface area contributed by atoms with Crippen molar-refractivity contribution in [2.75, 3.05) is 46.5 Å². The van der Waals surface area contributed by atoms with Crippen molar-refractivity contribution in [2.24, 2.45) is 0 Å². The Labute approximate surface area is 144 Å². The van der Waals surface area contributed by atoms with Crippen LogP contribution in [0.15, 0.2) is 24.3 Å². The summed E-state index contributed by atoms with van der Waals surface area (Å²) < 4.78 is 17.1. The minimum Gasteiger partial charge on any atom is -0.497 e. The van der Waals surface area contributed by atoms with Gasteiger partial charge in [0.05, 0.1) is 25.9 Å². The van der Waals surface area contributed by atoms with Crippen molar-refractivity contribution in [3.63, 3.8) is 0 Å². The summed E-state index contributed by atoms with van der Waals surface area (Å²) in [4.78, 5) is 5.13. The van der Waals surface area contributed by atoms with Crippen LogP contribution in [-0.4, -0.2) is 74.6 Å². The Morgan fingerprint density at radius 3 is 2.75 bits per heavy atom. The van der Waals surface area contributed by atoms with Crippen LogP contribution in [0.5, 0.6) is 5.75 Å². The molecule has 5 nitrogen and oxygen atoms in total. The van der Waals surface area contributed by atoms with Crippen LogP contribution in [0, 0.1) is 0 Å². The number of methoxy groups -OCH3 is 1. The molecule has 0 spiro atoms. The summed E-state index contributed by atoms with van der Waals surface area (Å²) in [5, 5.41) is 0. The zero-order valence-electron chi connectivity index (χ0n) is 14.5. The SMILES string of the molecule is COc1ccc(CN2C[C@@H]3OCCN(C[C@@H]4CCCO4)[C@@H]3C2)cc1. The zero-order valence-corrected chi connectivity index (χ0v) is 14.5. The van der Waals surface area contributed by atoms with Gasteiger partial charge in [0.2, 0.25) is 0 Å². The van der Waals surface area contributed by atoms with E-state index in [1.54, 1.807) is 7.11 Å². The molecular formula is C19H28N2O3. The number of fused-ring (bicyclic) bond motifs is 1. The Hall–Kier alpha value is -1.14. The molecule has 0 aromatic heterocycles. The molecule has 0 saturated carbocycles. The van der Waals surface area contributed by atoms with Crippen molar-refractivity contribution < 1.29 is 14.2 Å². The van der Waals surface area contributed by atoms with E-state index in [2.05, 4.69) is 21.9 Å². The summed E-state index contributed by atoms with van der Waals surface area (Å²) in [6, 6.07) is 8.91. The van der Waals surface area contributed by atoms with Crippen LogP contribution in [0.1, 0.15) is 18.4 Å². The smallest absolute Gasteiger partial charge is 0.118 e. The summed E-state index contributed by atoms with van der Waals surface area (Å²) in [6.07, 6.45) is 3.20. The predicted molar refractivity (Wildman–Crippen MR) is 92.3 cm³/mol. The molecule has 3 aliphatic rings. The Balaban J connectivity index is 1.35. The maximum atomic E-state index is 6.06. The van der Waals surface area contributed by atoms with Crippen LogP contribution >= 0.6 is 0 Å². The Morgan fingerprint density at radius 2 is 2.00 bits per heavy atom. The molecule has 0 radical (unpaired) electrons. The molecule has 0 aliphatic carbocycles. The number of hydrogen-bond acceptors (Lipinski definition) is 5. The molecule has 24 heavy (non-hydrogen) atoms. The molecule has 0 N–H and O–H groups in total. The first-order chi connectivity index (χ1) is 11.8. The highest BCUT2D eigenvalue weighted by Gasteiger charge is 2.40. The highest BCUT2D eigenvalue weighted by molar-refractivity contribution is 5.27. The first-order valence-electron chi connectivity index (χ1n) is 9.14. The molecule has 3 aliphatic heterocycles. The molecule has 5 heteroatoms. The molecule has 132 valence electrons. The van der Waals surface area contributed by atoms with Gasteiger partial charge >= 0.3 is 0 Å². The Morgan fingerprint density at radius 1 is 1.12 bits per heavy atom. The lowest BCUT2D eigenvalue weighted by Crippen LogP contribution is -2.52. The van der Waals surface area contributed by atoms with E-state index in [9.17, 15) is 0 Å². The lowest BCUT2D eigenvalue weighted by atomic mass is 10.1. The highest BCUT2D eigenvalue weighted by atomic mass is 16.5. The van der Waals surface area contributed by atoms with Gasteiger partial charge in [-0.3, -0.25) is 9.80 Å². The molecule has 1 aromatic carbocycles. The van der Waals surface area contributed by atoms with Gasteiger partial charge in [-0.25, -0.2) is 0 Å². The number of nitrogens with zero attached hydrogens (tertiary/aromatic N) is 2. The summed E-state index contributed by atoms with van der Waals surface area (Å²) in [5.74, 6) is 0.917. The third-order valence-corrected chi connectivity index (χ3v) is 5.52. The molecule has 0 bridgehead atoms. The third kappa shape index (κ3) is 3.59. The van der Waals surface area contributed by atoms with Gasteiger partial charge < -0.3 is 14.2 Å². The summed E-state index contributed by atoms with van der Waals surface area (Å²) in [5.41, 5.74) is 1.33. The standard InChI is InChI=1S/C19H28N2O3/c1-22-16-6-4-15(5-7-16)11-20-13-18-19(14-20)24-10-8-21(18)12-17-3-2-9-23-17/h4-7,17-19H,2-3,8-14H2,1H3/t17-,18+,19-/m0/s1. The van der Waals surface area contributed by atoms with Gasteiger partial charge in [0.1, 0.15) is 5.75 Å². The monoisotopic (exact) mass is 332 g/mol. The van der Waals surface area contributed by atoms with Crippen LogP contribution in [-0.2, 0) is 16.0 Å². The van der Waals surface area contributed by atoms with Crippen LogP contribution in [0.4, 0.5) is 0 Å². The highest BCUT2D eigenvalue weighted by Crippen LogP contribution is 2.26. The number of likely N-dealkylation sites (tertiary alicyclic amines) is 1. The largest absolute Gasteiger partial charge is 0.497 e. The zero-order chi connectivity index (χ0) is 16.4. The van der Waals surface area contributed by atoms with E-state index >= 15 is 0 Å². The van der Waals surface area contributed by atoms with Gasteiger partial charge in [-0.2, -0.15) is 0 Å². The fourth-order valence-electron chi connectivity index (χ4n) is 4.23. The maximum Gasteiger partial charge on any atom is 0.118 e. The average molecular weight is 332 g/mol. The molecule has 0 amide bonds. The van der Waals surface area contributed by atoms with Crippen LogP contribution in [0.3, 0.4) is 0 Å². The fourth-order valence-corrected chi connectivity index (χ4v) is 4.23. The van der Waals surface area contributed by atoms with Gasteiger partial charge in [0, 0.05) is 45.4 Å². The van der Waals surface area contributed by atoms with Gasteiger partial charge in [0.25, 0.3) is 0 Å². The van der Waals surface area contributed by atoms with E-state index in [1.807, 2.05) is 12.1 Å². The van der Waals surface area contributed by atoms with E-state index in [0.29, 0.717) is 18.2 Å². The quantitative estimate of drug-likeness (QED) is 0.821. The van der Waals surface area contributed by atoms with Crippen molar-refractivity contribution in [1.82, 2.24) is 9.80 Å². The fraction of sp³-hybridized carbons (Fsp3) is 0.684. The normalized spacial score (nSPS) is 31.3. The lowest BCUT2D eigenvalue weighted by molar-refractivity contribution is -0.0615. The van der Waals surface area contributed by atoms with Crippen LogP contribution in [0.25, 0.3) is 0 Å². The Kier molecular flexibility index (Phi) is 5.03. The second kappa shape index (κ2) is 7.40. The first kappa shape index (κ1) is 16.3. The van der Waals surface area contributed by atoms with E-state index in [4.69, 9.17) is 14.2 Å². The van der Waals surface area contributed by atoms with E-state index < -0.39 is 0 Å². The second-order valence-corrected chi connectivity index (χ2v) is 7.15. The molecule has 3 fully saturated rings. The van der Waals surface area contributed by atoms with Gasteiger partial charge in [-0.15, -0.1) is 0 Å². The summed E-state index contributed by atoms with van der Waals surface area (Å²) in [7, 11) is 1.71. The number of hydrogen-bond donors (Lipinski definition) is 0. The number of ether oxygens (including phenoxy) is 3. The van der Waals surface area contributed by atoms with Crippen molar-refractivity contribution in [3.8, 4) is 5.75 Å². The van der Waals surface area contributed by atoms with Crippen LogP contribution in [0.2, 0.25) is 0 Å². The van der Waals surface area contributed by atoms with Crippen molar-refractivity contribution >= 4 is 0 Å². The predicted octanol–water partition coefficient (Wildman–Crippen LogP) is 1.76. The van der Waals surface area contributed by atoms with Crippen LogP contribution < -0.4 is 4.74 Å². The number of rotatable bonds is 5. The minimum absolute atomic E-state index is 0.346. The van der Waals surface area contributed by atoms with Gasteiger partial charge in [0.15, 0.2) is 0 Å².